The van der Waals surface area contributed by atoms with Crippen LogP contribution < -0.4 is 0 Å². The third kappa shape index (κ3) is 4.56. The number of amides is 2. The second kappa shape index (κ2) is 11.2. The molecular formula is C16H25NO4S. The summed E-state index contributed by atoms with van der Waals surface area (Å²) in [6.07, 6.45) is 1.00. The third-order valence-corrected chi connectivity index (χ3v) is 2.98. The number of imide groups is 1. The zero-order chi connectivity index (χ0) is 17.1. The Morgan fingerprint density at radius 3 is 1.91 bits per heavy atom. The molecule has 1 aliphatic rings. The van der Waals surface area contributed by atoms with Crippen LogP contribution in [0, 0.1) is 0 Å². The fraction of sp³-hybridized carbons (Fsp3) is 0.500. The first-order valence-electron chi connectivity index (χ1n) is 7.49. The zero-order valence-corrected chi connectivity index (χ0v) is 14.5. The number of nitrogens with zero attached hydrogens (tertiary/aromatic N) is 1. The molecule has 0 spiro atoms. The Morgan fingerprint density at radius 1 is 1.09 bits per heavy atom. The maximum atomic E-state index is 12.2. The quantitative estimate of drug-likeness (QED) is 0.489. The Labute approximate surface area is 137 Å². The molecule has 1 heterocycles. The van der Waals surface area contributed by atoms with Gasteiger partial charge >= 0.3 is 0 Å². The largest absolute Gasteiger partial charge is 0.358 e. The van der Waals surface area contributed by atoms with Crippen LogP contribution in [0.4, 0.5) is 0 Å². The summed E-state index contributed by atoms with van der Waals surface area (Å²) in [4.78, 5) is 25.6. The molecule has 6 heteroatoms. The van der Waals surface area contributed by atoms with Crippen LogP contribution in [0.15, 0.2) is 24.3 Å². The van der Waals surface area contributed by atoms with Crippen molar-refractivity contribution in [2.45, 2.75) is 46.8 Å². The molecule has 1 atom stereocenters. The van der Waals surface area contributed by atoms with Crippen molar-refractivity contribution in [3.8, 4) is 0 Å². The van der Waals surface area contributed by atoms with Gasteiger partial charge in [0.2, 0.25) is 0 Å². The highest BCUT2D eigenvalue weighted by molar-refractivity contribution is 7.74. The van der Waals surface area contributed by atoms with Crippen LogP contribution >= 0.6 is 12.9 Å². The summed E-state index contributed by atoms with van der Waals surface area (Å²) in [5, 5.41) is 0. The summed E-state index contributed by atoms with van der Waals surface area (Å²) in [5.74, 6) is -0.503. The minimum Gasteiger partial charge on any atom is -0.358 e. The lowest BCUT2D eigenvalue weighted by Gasteiger charge is -2.24. The normalized spacial score (nSPS) is 13.6. The van der Waals surface area contributed by atoms with Crippen LogP contribution in [0.2, 0.25) is 0 Å². The van der Waals surface area contributed by atoms with E-state index in [1.54, 1.807) is 24.3 Å². The summed E-state index contributed by atoms with van der Waals surface area (Å²) in [5.41, 5.74) is 0.946. The van der Waals surface area contributed by atoms with Crippen LogP contribution in [0.3, 0.4) is 0 Å². The summed E-state index contributed by atoms with van der Waals surface area (Å²) < 4.78 is 12.3. The van der Waals surface area contributed by atoms with Crippen LogP contribution in [0.25, 0.3) is 0 Å². The summed E-state index contributed by atoms with van der Waals surface area (Å²) in [6, 6.07) is 6.90. The molecule has 0 aliphatic carbocycles. The maximum Gasteiger partial charge on any atom is 0.263 e. The fourth-order valence-electron chi connectivity index (χ4n) is 2.10. The van der Waals surface area contributed by atoms with Gasteiger partial charge in [-0.1, -0.05) is 39.8 Å². The molecule has 124 valence electrons. The molecular weight excluding hydrogens is 302 g/mol. The van der Waals surface area contributed by atoms with Crippen molar-refractivity contribution in [2.24, 2.45) is 0 Å². The minimum atomic E-state index is -0.461. The Bertz CT molecular complexity index is 444. The monoisotopic (exact) mass is 327 g/mol. The van der Waals surface area contributed by atoms with E-state index in [-0.39, 0.29) is 11.8 Å². The highest BCUT2D eigenvalue weighted by Crippen LogP contribution is 2.25. The molecule has 1 aromatic carbocycles. The molecule has 22 heavy (non-hydrogen) atoms. The van der Waals surface area contributed by atoms with Gasteiger partial charge in [-0.05, 0) is 37.9 Å². The summed E-state index contributed by atoms with van der Waals surface area (Å²) in [6.45, 7) is 8.45. The number of thiol groups is 1. The Morgan fingerprint density at radius 2 is 1.55 bits per heavy atom. The molecule has 0 aromatic heterocycles. The van der Waals surface area contributed by atoms with Crippen molar-refractivity contribution in [3.05, 3.63) is 35.4 Å². The average molecular weight is 327 g/mol. The van der Waals surface area contributed by atoms with E-state index < -0.39 is 6.23 Å². The molecule has 5 nitrogen and oxygen atoms in total. The number of hydrogen-bond donors (Lipinski definition) is 2. The van der Waals surface area contributed by atoms with Gasteiger partial charge in [0.05, 0.1) is 11.1 Å². The number of benzene rings is 1. The molecule has 1 aromatic rings. The van der Waals surface area contributed by atoms with Gasteiger partial charge in [0.25, 0.3) is 11.8 Å². The summed E-state index contributed by atoms with van der Waals surface area (Å²) >= 11 is 2.53. The SMILES string of the molecule is CC.CCCOC(CC)N1C(=O)c2ccccc2C1=O.OS. The highest BCUT2D eigenvalue weighted by Gasteiger charge is 2.39. The lowest BCUT2D eigenvalue weighted by Crippen LogP contribution is -2.41. The van der Waals surface area contributed by atoms with Crippen molar-refractivity contribution in [1.29, 1.82) is 0 Å². The van der Waals surface area contributed by atoms with Gasteiger partial charge < -0.3 is 9.29 Å². The van der Waals surface area contributed by atoms with E-state index in [0.717, 1.165) is 6.42 Å². The number of rotatable bonds is 5. The van der Waals surface area contributed by atoms with E-state index >= 15 is 0 Å². The van der Waals surface area contributed by atoms with Gasteiger partial charge in [-0.2, -0.15) is 0 Å². The molecule has 1 aliphatic heterocycles. The zero-order valence-electron chi connectivity index (χ0n) is 13.6. The van der Waals surface area contributed by atoms with Crippen molar-refractivity contribution >= 4 is 24.7 Å². The lowest BCUT2D eigenvalue weighted by atomic mass is 10.1. The first-order chi connectivity index (χ1) is 10.7. The van der Waals surface area contributed by atoms with Crippen LogP contribution in [0.5, 0.6) is 0 Å². The lowest BCUT2D eigenvalue weighted by molar-refractivity contribution is -0.0341. The molecule has 1 N–H and O–H groups in total. The minimum absolute atomic E-state index is 0.251. The molecule has 0 bridgehead atoms. The molecule has 0 saturated carbocycles. The smallest absolute Gasteiger partial charge is 0.263 e. The molecule has 0 saturated heterocycles. The van der Waals surface area contributed by atoms with Crippen molar-refractivity contribution in [3.63, 3.8) is 0 Å². The van der Waals surface area contributed by atoms with Gasteiger partial charge in [-0.3, -0.25) is 9.59 Å². The van der Waals surface area contributed by atoms with Gasteiger partial charge in [-0.15, -0.1) is 0 Å². The van der Waals surface area contributed by atoms with Crippen molar-refractivity contribution < 1.29 is 18.9 Å². The number of hydrogen-bond acceptors (Lipinski definition) is 5. The van der Waals surface area contributed by atoms with E-state index in [9.17, 15) is 9.59 Å². The molecule has 2 amide bonds. The van der Waals surface area contributed by atoms with Crippen molar-refractivity contribution in [1.82, 2.24) is 4.90 Å². The number of ether oxygens (including phenoxy) is 1. The first-order valence-corrected chi connectivity index (χ1v) is 7.89. The average Bonchev–Trinajstić information content (AvgIpc) is 2.85. The third-order valence-electron chi connectivity index (χ3n) is 2.98. The predicted octanol–water partition coefficient (Wildman–Crippen LogP) is 3.86. The first kappa shape index (κ1) is 20.6. The van der Waals surface area contributed by atoms with Crippen LogP contribution in [0.1, 0.15) is 61.3 Å². The van der Waals surface area contributed by atoms with Gasteiger partial charge in [0.15, 0.2) is 0 Å². The maximum absolute atomic E-state index is 12.2. The van der Waals surface area contributed by atoms with Crippen molar-refractivity contribution in [2.75, 3.05) is 6.61 Å². The molecule has 1 unspecified atom stereocenters. The second-order valence-corrected chi connectivity index (χ2v) is 4.26. The number of carbonyl (C=O) groups excluding carboxylic acids is 2. The second-order valence-electron chi connectivity index (χ2n) is 4.26. The Kier molecular flexibility index (Phi) is 10.5. The summed E-state index contributed by atoms with van der Waals surface area (Å²) in [7, 11) is 0. The Balaban J connectivity index is 0.00000102. The van der Waals surface area contributed by atoms with Crippen LogP contribution in [-0.2, 0) is 4.74 Å². The highest BCUT2D eigenvalue weighted by atomic mass is 32.1. The van der Waals surface area contributed by atoms with E-state index in [4.69, 9.17) is 9.29 Å². The van der Waals surface area contributed by atoms with E-state index in [0.29, 0.717) is 24.2 Å². The molecule has 0 fully saturated rings. The van der Waals surface area contributed by atoms with Gasteiger partial charge in [0.1, 0.15) is 6.23 Å². The topological polar surface area (TPSA) is 66.8 Å². The standard InChI is InChI=1S/C14H17NO3.C2H6.H2OS/c1-3-9-18-12(4-2)15-13(16)10-7-5-6-8-11(10)14(15)17;2*1-2/h5-8,12H,3-4,9H2,1-2H3;1-2H3;1-2H. The predicted molar refractivity (Wildman–Crippen MR) is 90.2 cm³/mol. The van der Waals surface area contributed by atoms with E-state index in [1.165, 1.54) is 4.90 Å². The van der Waals surface area contributed by atoms with Gasteiger partial charge in [0, 0.05) is 6.61 Å². The number of fused-ring (bicyclic) bond motifs is 1. The van der Waals surface area contributed by atoms with E-state index in [1.807, 2.05) is 27.7 Å². The fourth-order valence-corrected chi connectivity index (χ4v) is 2.10. The Hall–Kier alpha value is -1.37. The number of carbonyl (C=O) groups is 2. The van der Waals surface area contributed by atoms with Crippen LogP contribution in [-0.4, -0.2) is 34.1 Å². The van der Waals surface area contributed by atoms with E-state index in [2.05, 4.69) is 12.9 Å². The van der Waals surface area contributed by atoms with Gasteiger partial charge in [-0.25, -0.2) is 4.90 Å². The molecule has 2 rings (SSSR count). The molecule has 0 radical (unpaired) electrons.